The fraction of sp³-hybridized carbons (Fsp3) is 0.333. The van der Waals surface area contributed by atoms with Gasteiger partial charge in [0.2, 0.25) is 5.91 Å². The summed E-state index contributed by atoms with van der Waals surface area (Å²) in [6, 6.07) is 7.30. The van der Waals surface area contributed by atoms with Gasteiger partial charge in [0, 0.05) is 13.1 Å². The van der Waals surface area contributed by atoms with Crippen molar-refractivity contribution >= 4 is 17.7 Å². The summed E-state index contributed by atoms with van der Waals surface area (Å²) >= 11 is 0. The lowest BCUT2D eigenvalue weighted by atomic mass is 9.99. The van der Waals surface area contributed by atoms with E-state index in [9.17, 15) is 9.59 Å². The Morgan fingerprint density at radius 1 is 1.44 bits per heavy atom. The minimum atomic E-state index is -1.00. The molecule has 18 heavy (non-hydrogen) atoms. The van der Waals surface area contributed by atoms with E-state index in [2.05, 4.69) is 0 Å². The summed E-state index contributed by atoms with van der Waals surface area (Å²) in [5, 5.41) is 9.79. The van der Waals surface area contributed by atoms with Crippen molar-refractivity contribution < 1.29 is 14.7 Å². The van der Waals surface area contributed by atoms with E-state index in [1.54, 1.807) is 6.07 Å². The molecule has 0 unspecified atom stereocenters. The van der Waals surface area contributed by atoms with Crippen LogP contribution >= 0.6 is 0 Å². The van der Waals surface area contributed by atoms with E-state index < -0.39 is 6.09 Å². The van der Waals surface area contributed by atoms with Crippen LogP contribution in [0, 0.1) is 12.8 Å². The molecule has 0 radical (unpaired) electrons. The molecule has 3 N–H and O–H groups in total. The van der Waals surface area contributed by atoms with E-state index in [0.29, 0.717) is 5.69 Å². The number of nitrogens with two attached hydrogens (primary N) is 1. The number of amides is 2. The summed E-state index contributed by atoms with van der Waals surface area (Å²) in [7, 11) is 0. The summed E-state index contributed by atoms with van der Waals surface area (Å²) in [4.78, 5) is 23.8. The maximum absolute atomic E-state index is 12.0. The van der Waals surface area contributed by atoms with Crippen LogP contribution in [-0.2, 0) is 4.79 Å². The lowest BCUT2D eigenvalue weighted by Gasteiger charge is -2.37. The molecular weight excluding hydrogens is 234 g/mol. The van der Waals surface area contributed by atoms with Gasteiger partial charge in [-0.3, -0.25) is 4.79 Å². The van der Waals surface area contributed by atoms with E-state index in [4.69, 9.17) is 10.9 Å². The lowest BCUT2D eigenvalue weighted by Crippen LogP contribution is -2.57. The van der Waals surface area contributed by atoms with Crippen molar-refractivity contribution in [1.29, 1.82) is 0 Å². The number of hydrogen-bond acceptors (Lipinski definition) is 3. The first-order valence-corrected chi connectivity index (χ1v) is 5.62. The molecule has 0 saturated carbocycles. The summed E-state index contributed by atoms with van der Waals surface area (Å²) < 4.78 is 0. The number of benzene rings is 1. The van der Waals surface area contributed by atoms with Crippen LogP contribution in [0.5, 0.6) is 0 Å². The predicted octanol–water partition coefficient (Wildman–Crippen LogP) is 0.812. The first kappa shape index (κ1) is 12.4. The Morgan fingerprint density at radius 2 is 2.11 bits per heavy atom. The Kier molecular flexibility index (Phi) is 3.20. The van der Waals surface area contributed by atoms with Crippen LogP contribution < -0.4 is 10.9 Å². The molecule has 0 bridgehead atoms. The predicted molar refractivity (Wildman–Crippen MR) is 65.9 cm³/mol. The Balaban J connectivity index is 2.00. The topological polar surface area (TPSA) is 86.9 Å². The second kappa shape index (κ2) is 4.66. The maximum atomic E-state index is 12.0. The van der Waals surface area contributed by atoms with Gasteiger partial charge in [0.15, 0.2) is 0 Å². The van der Waals surface area contributed by atoms with Gasteiger partial charge >= 0.3 is 6.09 Å². The van der Waals surface area contributed by atoms with Crippen molar-refractivity contribution in [3.05, 3.63) is 29.8 Å². The van der Waals surface area contributed by atoms with Crippen LogP contribution in [-0.4, -0.2) is 35.1 Å². The van der Waals surface area contributed by atoms with Gasteiger partial charge in [0.05, 0.1) is 11.6 Å². The van der Waals surface area contributed by atoms with Gasteiger partial charge in [-0.2, -0.15) is 0 Å². The number of carbonyl (C=O) groups excluding carboxylic acids is 1. The average molecular weight is 249 g/mol. The van der Waals surface area contributed by atoms with Crippen molar-refractivity contribution in [1.82, 2.24) is 4.90 Å². The molecule has 1 aliphatic heterocycles. The number of hydrogen-bond donors (Lipinski definition) is 2. The zero-order valence-electron chi connectivity index (χ0n) is 10.0. The number of nitrogens with zero attached hydrogens (tertiary/aromatic N) is 2. The van der Waals surface area contributed by atoms with Gasteiger partial charge in [-0.25, -0.2) is 15.6 Å². The number of carboxylic acid groups (broad SMARTS) is 1. The van der Waals surface area contributed by atoms with Gasteiger partial charge in [0.25, 0.3) is 0 Å². The molecule has 1 aliphatic rings. The third kappa shape index (κ3) is 2.28. The average Bonchev–Trinajstić information content (AvgIpc) is 2.25. The van der Waals surface area contributed by atoms with Crippen LogP contribution in [0.25, 0.3) is 0 Å². The van der Waals surface area contributed by atoms with Gasteiger partial charge in [-0.1, -0.05) is 12.1 Å². The summed E-state index contributed by atoms with van der Waals surface area (Å²) in [6.45, 7) is 2.35. The van der Waals surface area contributed by atoms with Crippen molar-refractivity contribution in [3.63, 3.8) is 0 Å². The van der Waals surface area contributed by atoms with Crippen LogP contribution in [0.15, 0.2) is 24.3 Å². The van der Waals surface area contributed by atoms with E-state index in [-0.39, 0.29) is 24.9 Å². The van der Waals surface area contributed by atoms with E-state index in [1.807, 2.05) is 25.1 Å². The van der Waals surface area contributed by atoms with Crippen LogP contribution in [0.3, 0.4) is 0 Å². The molecule has 0 aliphatic carbocycles. The molecule has 1 aromatic rings. The van der Waals surface area contributed by atoms with Gasteiger partial charge in [-0.05, 0) is 24.6 Å². The molecule has 1 aromatic carbocycles. The van der Waals surface area contributed by atoms with Gasteiger partial charge in [0.1, 0.15) is 0 Å². The largest absolute Gasteiger partial charge is 0.465 e. The van der Waals surface area contributed by atoms with Crippen molar-refractivity contribution in [3.8, 4) is 0 Å². The summed E-state index contributed by atoms with van der Waals surface area (Å²) in [5.41, 5.74) is 1.63. The highest BCUT2D eigenvalue weighted by molar-refractivity contribution is 5.95. The Bertz CT molecular complexity index is 483. The molecule has 1 saturated heterocycles. The van der Waals surface area contributed by atoms with Gasteiger partial charge in [-0.15, -0.1) is 0 Å². The number of aryl methyl sites for hydroxylation is 1. The Hall–Kier alpha value is -2.08. The number of likely N-dealkylation sites (tertiary alicyclic amines) is 1. The molecule has 6 nitrogen and oxygen atoms in total. The molecule has 1 fully saturated rings. The maximum Gasteiger partial charge on any atom is 0.407 e. The normalized spacial score (nSPS) is 15.1. The highest BCUT2D eigenvalue weighted by Crippen LogP contribution is 2.21. The number of carbonyl (C=O) groups is 2. The zero-order valence-corrected chi connectivity index (χ0v) is 10.0. The highest BCUT2D eigenvalue weighted by atomic mass is 16.4. The van der Waals surface area contributed by atoms with Gasteiger partial charge < -0.3 is 10.0 Å². The Morgan fingerprint density at radius 3 is 2.67 bits per heavy atom. The first-order valence-electron chi connectivity index (χ1n) is 5.62. The SMILES string of the molecule is Cc1cccc(N(N)C(=O)C2CN(C(=O)O)C2)c1. The van der Waals surface area contributed by atoms with Crippen molar-refractivity contribution in [2.75, 3.05) is 18.1 Å². The van der Waals surface area contributed by atoms with Crippen LogP contribution in [0.4, 0.5) is 10.5 Å². The first-order chi connectivity index (χ1) is 8.49. The molecule has 0 spiro atoms. The third-order valence-electron chi connectivity index (χ3n) is 3.02. The molecule has 2 amide bonds. The molecule has 0 atom stereocenters. The minimum absolute atomic E-state index is 0.216. The van der Waals surface area contributed by atoms with E-state index >= 15 is 0 Å². The molecule has 1 heterocycles. The zero-order chi connectivity index (χ0) is 13.3. The van der Waals surface area contributed by atoms with E-state index in [1.165, 1.54) is 4.90 Å². The van der Waals surface area contributed by atoms with E-state index in [0.717, 1.165) is 10.6 Å². The molecule has 6 heteroatoms. The minimum Gasteiger partial charge on any atom is -0.465 e. The van der Waals surface area contributed by atoms with Crippen molar-refractivity contribution in [2.45, 2.75) is 6.92 Å². The van der Waals surface area contributed by atoms with Crippen LogP contribution in [0.1, 0.15) is 5.56 Å². The fourth-order valence-electron chi connectivity index (χ4n) is 1.89. The molecule has 96 valence electrons. The standard InChI is InChI=1S/C12H15N3O3/c1-8-3-2-4-10(5-8)15(13)11(16)9-6-14(7-9)12(17)18/h2-5,9H,6-7,13H2,1H3,(H,17,18). The highest BCUT2D eigenvalue weighted by Gasteiger charge is 2.37. The molecule has 2 rings (SSSR count). The second-order valence-electron chi connectivity index (χ2n) is 4.43. The quantitative estimate of drug-likeness (QED) is 0.461. The van der Waals surface area contributed by atoms with Crippen molar-refractivity contribution in [2.24, 2.45) is 11.8 Å². The fourth-order valence-corrected chi connectivity index (χ4v) is 1.89. The number of rotatable bonds is 2. The number of hydrazine groups is 1. The Labute approximate surface area is 105 Å². The number of anilines is 1. The lowest BCUT2D eigenvalue weighted by molar-refractivity contribution is -0.126. The summed E-state index contributed by atoms with van der Waals surface area (Å²) in [5.74, 6) is 5.16. The smallest absolute Gasteiger partial charge is 0.407 e. The summed E-state index contributed by atoms with van der Waals surface area (Å²) in [6.07, 6.45) is -1.00. The molecule has 0 aromatic heterocycles. The second-order valence-corrected chi connectivity index (χ2v) is 4.43. The van der Waals surface area contributed by atoms with Crippen LogP contribution in [0.2, 0.25) is 0 Å². The molecular formula is C12H15N3O3. The third-order valence-corrected chi connectivity index (χ3v) is 3.02. The monoisotopic (exact) mass is 249 g/mol.